The summed E-state index contributed by atoms with van der Waals surface area (Å²) in [5.41, 5.74) is 1.26. The van der Waals surface area contributed by atoms with E-state index < -0.39 is 4.92 Å². The first-order valence-electron chi connectivity index (χ1n) is 8.69. The third-order valence-corrected chi connectivity index (χ3v) is 6.00. The molecule has 0 aliphatic rings. The lowest BCUT2D eigenvalue weighted by molar-refractivity contribution is -0.856. The molecule has 7 nitrogen and oxygen atoms in total. The fourth-order valence-corrected chi connectivity index (χ4v) is 4.07. The Bertz CT molecular complexity index is 1000. The molecular formula is C19H21N4O3S2+. The van der Waals surface area contributed by atoms with Gasteiger partial charge in [-0.15, -0.1) is 11.8 Å². The van der Waals surface area contributed by atoms with E-state index in [2.05, 4.69) is 4.98 Å². The van der Waals surface area contributed by atoms with Crippen LogP contribution in [0.3, 0.4) is 0 Å². The third kappa shape index (κ3) is 4.49. The quantitative estimate of drug-likeness (QED) is 0.363. The highest BCUT2D eigenvalue weighted by Gasteiger charge is 2.23. The summed E-state index contributed by atoms with van der Waals surface area (Å²) in [6, 6.07) is 12.1. The van der Waals surface area contributed by atoms with Gasteiger partial charge < -0.3 is 4.90 Å². The molecule has 1 heterocycles. The van der Waals surface area contributed by atoms with Gasteiger partial charge in [0.25, 0.3) is 11.6 Å². The molecule has 0 aliphatic carbocycles. The number of thiazole rings is 1. The maximum absolute atomic E-state index is 13.2. The molecule has 0 saturated carbocycles. The van der Waals surface area contributed by atoms with Gasteiger partial charge in [-0.05, 0) is 36.6 Å². The van der Waals surface area contributed by atoms with Gasteiger partial charge in [-0.3, -0.25) is 19.8 Å². The number of nitro groups is 1. The number of nitrogens with one attached hydrogen (secondary N) is 1. The predicted molar refractivity (Wildman–Crippen MR) is 114 cm³/mol. The number of amides is 1. The lowest BCUT2D eigenvalue weighted by Crippen LogP contribution is -3.06. The van der Waals surface area contributed by atoms with E-state index in [1.165, 1.54) is 28.4 Å². The molecule has 28 heavy (non-hydrogen) atoms. The van der Waals surface area contributed by atoms with Crippen LogP contribution in [0.15, 0.2) is 47.4 Å². The zero-order valence-electron chi connectivity index (χ0n) is 15.8. The minimum Gasteiger partial charge on any atom is -0.338 e. The molecule has 0 spiro atoms. The van der Waals surface area contributed by atoms with Gasteiger partial charge >= 0.3 is 0 Å². The van der Waals surface area contributed by atoms with Gasteiger partial charge in [0.15, 0.2) is 5.13 Å². The van der Waals surface area contributed by atoms with Crippen LogP contribution >= 0.6 is 23.1 Å². The zero-order chi connectivity index (χ0) is 20.3. The summed E-state index contributed by atoms with van der Waals surface area (Å²) in [4.78, 5) is 32.3. The molecule has 0 unspecified atom stereocenters. The van der Waals surface area contributed by atoms with Crippen molar-refractivity contribution in [3.05, 3.63) is 58.1 Å². The van der Waals surface area contributed by atoms with Gasteiger partial charge in [0.2, 0.25) is 0 Å². The fourth-order valence-electron chi connectivity index (χ4n) is 2.64. The summed E-state index contributed by atoms with van der Waals surface area (Å²) in [7, 11) is 4.05. The first-order valence-corrected chi connectivity index (χ1v) is 10.7. The van der Waals surface area contributed by atoms with Crippen molar-refractivity contribution in [2.45, 2.75) is 4.90 Å². The lowest BCUT2D eigenvalue weighted by Gasteiger charge is -2.20. The number of rotatable bonds is 7. The number of non-ortho nitro benzene ring substituents is 1. The van der Waals surface area contributed by atoms with Crippen LogP contribution < -0.4 is 9.80 Å². The minimum atomic E-state index is -0.426. The van der Waals surface area contributed by atoms with Crippen LogP contribution in [-0.4, -0.2) is 49.3 Å². The van der Waals surface area contributed by atoms with E-state index in [-0.39, 0.29) is 11.6 Å². The van der Waals surface area contributed by atoms with E-state index >= 15 is 0 Å². The zero-order valence-corrected chi connectivity index (χ0v) is 17.5. The molecule has 0 saturated heterocycles. The molecule has 0 radical (unpaired) electrons. The molecule has 146 valence electrons. The van der Waals surface area contributed by atoms with Crippen molar-refractivity contribution in [1.82, 2.24) is 4.98 Å². The monoisotopic (exact) mass is 417 g/mol. The Morgan fingerprint density at radius 3 is 2.57 bits per heavy atom. The maximum Gasteiger partial charge on any atom is 0.270 e. The normalized spacial score (nSPS) is 11.1. The first-order chi connectivity index (χ1) is 13.4. The number of anilines is 1. The molecule has 9 heteroatoms. The Balaban J connectivity index is 1.97. The van der Waals surface area contributed by atoms with E-state index in [0.29, 0.717) is 27.5 Å². The van der Waals surface area contributed by atoms with Crippen molar-refractivity contribution in [1.29, 1.82) is 0 Å². The molecule has 3 rings (SSSR count). The Kier molecular flexibility index (Phi) is 6.28. The van der Waals surface area contributed by atoms with Crippen LogP contribution in [0.2, 0.25) is 0 Å². The molecule has 0 fully saturated rings. The molecule has 3 aromatic rings. The second-order valence-electron chi connectivity index (χ2n) is 6.55. The number of thioether (sulfide) groups is 1. The summed E-state index contributed by atoms with van der Waals surface area (Å²) in [6.07, 6.45) is 1.99. The molecule has 0 aliphatic heterocycles. The second-order valence-corrected chi connectivity index (χ2v) is 8.44. The number of likely N-dealkylation sites (N-methyl/N-ethyl adjacent to an activating group) is 1. The molecule has 0 atom stereocenters. The number of carbonyl (C=O) groups excluding carboxylic acids is 1. The first kappa shape index (κ1) is 20.2. The number of aromatic nitrogens is 1. The Morgan fingerprint density at radius 2 is 1.96 bits per heavy atom. The minimum absolute atomic E-state index is 0.0194. The van der Waals surface area contributed by atoms with E-state index in [0.717, 1.165) is 11.4 Å². The maximum atomic E-state index is 13.2. The molecule has 1 N–H and O–H groups in total. The van der Waals surface area contributed by atoms with Gasteiger partial charge in [0, 0.05) is 22.6 Å². The number of quaternary nitrogens is 1. The van der Waals surface area contributed by atoms with Crippen LogP contribution in [0, 0.1) is 10.1 Å². The summed E-state index contributed by atoms with van der Waals surface area (Å²) < 4.78 is 0.692. The summed E-state index contributed by atoms with van der Waals surface area (Å²) in [5, 5.41) is 11.6. The second kappa shape index (κ2) is 8.68. The Hall–Kier alpha value is -2.49. The number of fused-ring (bicyclic) bond motifs is 1. The number of nitro benzene ring substituents is 1. The topological polar surface area (TPSA) is 80.8 Å². The van der Waals surface area contributed by atoms with Crippen LogP contribution in [0.5, 0.6) is 0 Å². The Labute approximate surface area is 171 Å². The summed E-state index contributed by atoms with van der Waals surface area (Å²) >= 11 is 2.92. The SMILES string of the molecule is CSc1ccc(C(=O)N(CC[NH+](C)C)c2nc3ccc([N+](=O)[O-])cc3s2)cc1. The van der Waals surface area contributed by atoms with E-state index in [1.54, 1.807) is 22.7 Å². The van der Waals surface area contributed by atoms with Crippen LogP contribution in [0.4, 0.5) is 10.8 Å². The fraction of sp³-hybridized carbons (Fsp3) is 0.263. The van der Waals surface area contributed by atoms with Crippen LogP contribution in [0.1, 0.15) is 10.4 Å². The highest BCUT2D eigenvalue weighted by Crippen LogP contribution is 2.32. The largest absolute Gasteiger partial charge is 0.338 e. The van der Waals surface area contributed by atoms with Crippen LogP contribution in [0.25, 0.3) is 10.2 Å². The van der Waals surface area contributed by atoms with Crippen molar-refractivity contribution in [2.75, 3.05) is 38.3 Å². The van der Waals surface area contributed by atoms with Crippen molar-refractivity contribution >= 4 is 50.0 Å². The number of carbonyl (C=O) groups is 1. The highest BCUT2D eigenvalue weighted by molar-refractivity contribution is 7.98. The van der Waals surface area contributed by atoms with Gasteiger partial charge in [0.1, 0.15) is 0 Å². The van der Waals surface area contributed by atoms with E-state index in [1.807, 2.05) is 44.6 Å². The Morgan fingerprint density at radius 1 is 1.25 bits per heavy atom. The number of hydrogen-bond acceptors (Lipinski definition) is 6. The van der Waals surface area contributed by atoms with E-state index in [9.17, 15) is 14.9 Å². The molecule has 2 aromatic carbocycles. The van der Waals surface area contributed by atoms with Gasteiger partial charge in [0.05, 0.1) is 42.3 Å². The van der Waals surface area contributed by atoms with Gasteiger partial charge in [-0.1, -0.05) is 11.3 Å². The smallest absolute Gasteiger partial charge is 0.270 e. The predicted octanol–water partition coefficient (Wildman–Crippen LogP) is 2.72. The van der Waals surface area contributed by atoms with Crippen molar-refractivity contribution in [3.63, 3.8) is 0 Å². The average Bonchev–Trinajstić information content (AvgIpc) is 3.10. The average molecular weight is 418 g/mol. The van der Waals surface area contributed by atoms with Crippen molar-refractivity contribution in [3.8, 4) is 0 Å². The highest BCUT2D eigenvalue weighted by atomic mass is 32.2. The number of benzene rings is 2. The lowest BCUT2D eigenvalue weighted by atomic mass is 10.2. The number of nitrogens with zero attached hydrogens (tertiary/aromatic N) is 3. The third-order valence-electron chi connectivity index (χ3n) is 4.22. The van der Waals surface area contributed by atoms with Crippen molar-refractivity contribution < 1.29 is 14.6 Å². The standard InChI is InChI=1S/C19H20N4O3S2/c1-21(2)10-11-22(18(24)13-4-7-15(27-3)8-5-13)19-20-16-9-6-14(23(25)26)12-17(16)28-19/h4-9,12H,10-11H2,1-3H3/p+1. The molecule has 0 bridgehead atoms. The van der Waals surface area contributed by atoms with Crippen molar-refractivity contribution in [2.24, 2.45) is 0 Å². The summed E-state index contributed by atoms with van der Waals surface area (Å²) in [6.45, 7) is 1.26. The molecular weight excluding hydrogens is 396 g/mol. The van der Waals surface area contributed by atoms with Gasteiger partial charge in [-0.25, -0.2) is 4.98 Å². The molecule has 1 amide bonds. The summed E-state index contributed by atoms with van der Waals surface area (Å²) in [5.74, 6) is -0.123. The number of hydrogen-bond donors (Lipinski definition) is 1. The van der Waals surface area contributed by atoms with E-state index in [4.69, 9.17) is 0 Å². The molecule has 1 aromatic heterocycles. The van der Waals surface area contributed by atoms with Crippen LogP contribution in [-0.2, 0) is 0 Å². The van der Waals surface area contributed by atoms with Gasteiger partial charge in [-0.2, -0.15) is 0 Å².